The molecule has 0 spiro atoms. The van der Waals surface area contributed by atoms with Crippen LogP contribution in [0.25, 0.3) is 54.6 Å². The highest BCUT2D eigenvalue weighted by Crippen LogP contribution is 2.50. The number of para-hydroxylation sites is 2. The van der Waals surface area contributed by atoms with Crippen LogP contribution in [0, 0.1) is 0 Å². The van der Waals surface area contributed by atoms with Crippen LogP contribution in [0.2, 0.25) is 0 Å². The standard InChI is InChI=1S/C50H34N2O/c1-4-15-35(16-5-1)36-27-29-43(30-28-36)51(41-21-6-2-7-22-41)46-32-38-18-11-12-19-39(38)33-47(46)52(42-23-8-3-9-24-42)45-25-14-26-48-50(45)44-31-37-17-10-13-20-40(37)34-49(44)53-48/h1-34H. The van der Waals surface area contributed by atoms with Crippen LogP contribution >= 0.6 is 0 Å². The van der Waals surface area contributed by atoms with Gasteiger partial charge in [0.15, 0.2) is 0 Å². The van der Waals surface area contributed by atoms with Gasteiger partial charge in [0.25, 0.3) is 0 Å². The number of anilines is 6. The van der Waals surface area contributed by atoms with Gasteiger partial charge in [-0.1, -0.05) is 133 Å². The smallest absolute Gasteiger partial charge is 0.137 e. The zero-order chi connectivity index (χ0) is 35.1. The number of benzene rings is 9. The van der Waals surface area contributed by atoms with Gasteiger partial charge in [0.1, 0.15) is 11.2 Å². The van der Waals surface area contributed by atoms with Gasteiger partial charge >= 0.3 is 0 Å². The molecule has 0 radical (unpaired) electrons. The second-order valence-corrected chi connectivity index (χ2v) is 13.4. The molecule has 0 saturated heterocycles. The average Bonchev–Trinajstić information content (AvgIpc) is 3.59. The molecule has 0 unspecified atom stereocenters. The molecular formula is C50H34N2O. The van der Waals surface area contributed by atoms with Crippen molar-refractivity contribution in [2.24, 2.45) is 0 Å². The lowest BCUT2D eigenvalue weighted by atomic mass is 10.0. The van der Waals surface area contributed by atoms with E-state index in [4.69, 9.17) is 4.42 Å². The number of furan rings is 1. The lowest BCUT2D eigenvalue weighted by Gasteiger charge is -2.34. The molecule has 0 saturated carbocycles. The number of rotatable bonds is 7. The van der Waals surface area contributed by atoms with E-state index in [1.165, 1.54) is 21.9 Å². The lowest BCUT2D eigenvalue weighted by molar-refractivity contribution is 0.669. The van der Waals surface area contributed by atoms with E-state index in [1.807, 2.05) is 0 Å². The minimum Gasteiger partial charge on any atom is -0.456 e. The number of hydrogen-bond donors (Lipinski definition) is 0. The molecule has 10 aromatic rings. The zero-order valence-corrected chi connectivity index (χ0v) is 28.9. The van der Waals surface area contributed by atoms with E-state index in [9.17, 15) is 0 Å². The van der Waals surface area contributed by atoms with Crippen molar-refractivity contribution in [3.05, 3.63) is 206 Å². The molecule has 0 aliphatic heterocycles. The van der Waals surface area contributed by atoms with Gasteiger partial charge in [0.05, 0.1) is 22.4 Å². The normalized spacial score (nSPS) is 11.4. The second kappa shape index (κ2) is 12.9. The van der Waals surface area contributed by atoms with Gasteiger partial charge in [-0.05, 0) is 105 Å². The highest BCUT2D eigenvalue weighted by Gasteiger charge is 2.26. The SMILES string of the molecule is c1ccc(-c2ccc(N(c3ccccc3)c3cc4ccccc4cc3N(c3ccccc3)c3cccc4oc5cc6ccccc6cc5c34)cc2)cc1. The van der Waals surface area contributed by atoms with Crippen molar-refractivity contribution in [2.45, 2.75) is 0 Å². The summed E-state index contributed by atoms with van der Waals surface area (Å²) in [6.07, 6.45) is 0. The van der Waals surface area contributed by atoms with E-state index in [-0.39, 0.29) is 0 Å². The molecule has 0 amide bonds. The van der Waals surface area contributed by atoms with Gasteiger partial charge < -0.3 is 14.2 Å². The summed E-state index contributed by atoms with van der Waals surface area (Å²) in [7, 11) is 0. The summed E-state index contributed by atoms with van der Waals surface area (Å²) in [5.41, 5.74) is 10.5. The molecule has 1 heterocycles. The highest BCUT2D eigenvalue weighted by atomic mass is 16.3. The molecule has 0 bridgehead atoms. The van der Waals surface area contributed by atoms with Crippen molar-refractivity contribution < 1.29 is 4.42 Å². The third-order valence-electron chi connectivity index (χ3n) is 10.2. The van der Waals surface area contributed by atoms with E-state index < -0.39 is 0 Å². The Labute approximate surface area is 308 Å². The maximum Gasteiger partial charge on any atom is 0.137 e. The fourth-order valence-corrected chi connectivity index (χ4v) is 7.68. The Morgan fingerprint density at radius 2 is 0.774 bits per heavy atom. The lowest BCUT2D eigenvalue weighted by Crippen LogP contribution is -2.17. The first-order valence-electron chi connectivity index (χ1n) is 18.0. The summed E-state index contributed by atoms with van der Waals surface area (Å²) in [4.78, 5) is 4.79. The fraction of sp³-hybridized carbons (Fsp3) is 0. The van der Waals surface area contributed by atoms with Crippen LogP contribution in [0.1, 0.15) is 0 Å². The van der Waals surface area contributed by atoms with Crippen LogP contribution in [0.15, 0.2) is 211 Å². The van der Waals surface area contributed by atoms with Crippen LogP contribution in [0.4, 0.5) is 34.1 Å². The van der Waals surface area contributed by atoms with Gasteiger partial charge in [-0.25, -0.2) is 0 Å². The van der Waals surface area contributed by atoms with Crippen molar-refractivity contribution in [1.82, 2.24) is 0 Å². The van der Waals surface area contributed by atoms with Crippen LogP contribution in [0.5, 0.6) is 0 Å². The van der Waals surface area contributed by atoms with Crippen LogP contribution in [-0.4, -0.2) is 0 Å². The van der Waals surface area contributed by atoms with Gasteiger partial charge in [-0.2, -0.15) is 0 Å². The summed E-state index contributed by atoms with van der Waals surface area (Å²) >= 11 is 0. The minimum absolute atomic E-state index is 0.854. The average molecular weight is 679 g/mol. The molecule has 9 aromatic carbocycles. The summed E-state index contributed by atoms with van der Waals surface area (Å²) < 4.78 is 6.62. The number of hydrogen-bond acceptors (Lipinski definition) is 3. The molecule has 0 fully saturated rings. The molecular weight excluding hydrogens is 645 g/mol. The first kappa shape index (κ1) is 30.7. The van der Waals surface area contributed by atoms with Gasteiger partial charge in [-0.3, -0.25) is 0 Å². The Hall–Kier alpha value is -7.10. The largest absolute Gasteiger partial charge is 0.456 e. The predicted octanol–water partition coefficient (Wildman–Crippen LogP) is 14.5. The van der Waals surface area contributed by atoms with Crippen LogP contribution in [0.3, 0.4) is 0 Å². The Morgan fingerprint density at radius 1 is 0.302 bits per heavy atom. The van der Waals surface area contributed by atoms with Crippen molar-refractivity contribution >= 4 is 77.6 Å². The zero-order valence-electron chi connectivity index (χ0n) is 28.9. The minimum atomic E-state index is 0.854. The van der Waals surface area contributed by atoms with Crippen LogP contribution < -0.4 is 9.80 Å². The monoisotopic (exact) mass is 678 g/mol. The van der Waals surface area contributed by atoms with Crippen molar-refractivity contribution in [2.75, 3.05) is 9.80 Å². The predicted molar refractivity (Wildman–Crippen MR) is 224 cm³/mol. The molecule has 10 rings (SSSR count). The van der Waals surface area contributed by atoms with E-state index in [1.54, 1.807) is 0 Å². The number of nitrogens with zero attached hydrogens (tertiary/aromatic N) is 2. The first-order chi connectivity index (χ1) is 26.3. The molecule has 53 heavy (non-hydrogen) atoms. The van der Waals surface area contributed by atoms with E-state index in [2.05, 4.69) is 216 Å². The second-order valence-electron chi connectivity index (χ2n) is 13.4. The quantitative estimate of drug-likeness (QED) is 0.167. The summed E-state index contributed by atoms with van der Waals surface area (Å²) in [6, 6.07) is 73.5. The molecule has 0 aliphatic rings. The topological polar surface area (TPSA) is 19.6 Å². The van der Waals surface area contributed by atoms with Gasteiger partial charge in [0.2, 0.25) is 0 Å². The molecule has 3 heteroatoms. The van der Waals surface area contributed by atoms with Crippen molar-refractivity contribution in [3.8, 4) is 11.1 Å². The molecule has 0 aliphatic carbocycles. The Morgan fingerprint density at radius 3 is 1.40 bits per heavy atom. The molecule has 3 nitrogen and oxygen atoms in total. The summed E-state index contributed by atoms with van der Waals surface area (Å²) in [5.74, 6) is 0. The maximum atomic E-state index is 6.62. The molecule has 1 aromatic heterocycles. The third kappa shape index (κ3) is 5.47. The summed E-state index contributed by atoms with van der Waals surface area (Å²) in [6.45, 7) is 0. The third-order valence-corrected chi connectivity index (χ3v) is 10.2. The van der Waals surface area contributed by atoms with E-state index in [0.29, 0.717) is 0 Å². The van der Waals surface area contributed by atoms with Crippen molar-refractivity contribution in [3.63, 3.8) is 0 Å². The fourth-order valence-electron chi connectivity index (χ4n) is 7.68. The van der Waals surface area contributed by atoms with Crippen LogP contribution in [-0.2, 0) is 0 Å². The van der Waals surface area contributed by atoms with Gasteiger partial charge in [-0.15, -0.1) is 0 Å². The summed E-state index contributed by atoms with van der Waals surface area (Å²) in [5, 5.41) is 6.84. The Kier molecular flexibility index (Phi) is 7.47. The van der Waals surface area contributed by atoms with Crippen molar-refractivity contribution in [1.29, 1.82) is 0 Å². The Balaban J connectivity index is 1.26. The van der Waals surface area contributed by atoms with Gasteiger partial charge in [0, 0.05) is 22.4 Å². The maximum absolute atomic E-state index is 6.62. The first-order valence-corrected chi connectivity index (χ1v) is 18.0. The number of fused-ring (bicyclic) bond motifs is 5. The molecule has 0 atom stereocenters. The molecule has 250 valence electrons. The Bertz CT molecular complexity index is 2880. The highest BCUT2D eigenvalue weighted by molar-refractivity contribution is 6.17. The molecule has 0 N–H and O–H groups in total. The van der Waals surface area contributed by atoms with E-state index in [0.717, 1.165) is 66.8 Å². The van der Waals surface area contributed by atoms with E-state index >= 15 is 0 Å².